The van der Waals surface area contributed by atoms with Gasteiger partial charge in [0.2, 0.25) is 0 Å². The summed E-state index contributed by atoms with van der Waals surface area (Å²) in [5.41, 5.74) is 0.943. The molecule has 0 fully saturated rings. The number of pyridine rings is 1. The maximum absolute atomic E-state index is 13.0. The molecule has 0 spiro atoms. The molecule has 122 valence electrons. The number of anilines is 2. The fourth-order valence-electron chi connectivity index (χ4n) is 1.69. The highest BCUT2D eigenvalue weighted by molar-refractivity contribution is 6.38. The number of amides is 2. The highest BCUT2D eigenvalue weighted by atomic mass is 35.5. The Hall–Kier alpha value is -1.76. The number of aromatic nitrogens is 1. The van der Waals surface area contributed by atoms with Gasteiger partial charge in [-0.2, -0.15) is 0 Å². The molecule has 0 unspecified atom stereocenters. The highest BCUT2D eigenvalue weighted by Crippen LogP contribution is 2.28. The monoisotopic (exact) mass is 376 g/mol. The van der Waals surface area contributed by atoms with E-state index in [0.717, 1.165) is 0 Å². The van der Waals surface area contributed by atoms with E-state index in [-0.39, 0.29) is 5.02 Å². The van der Waals surface area contributed by atoms with Crippen molar-refractivity contribution < 1.29 is 9.18 Å². The number of rotatable bonds is 5. The molecule has 0 atom stereocenters. The molecule has 3 N–H and O–H groups in total. The first-order chi connectivity index (χ1) is 11.0. The Labute approximate surface area is 147 Å². The molecule has 2 amide bonds. The van der Waals surface area contributed by atoms with E-state index in [2.05, 4.69) is 20.9 Å². The van der Waals surface area contributed by atoms with Gasteiger partial charge >= 0.3 is 6.03 Å². The van der Waals surface area contributed by atoms with Crippen LogP contribution in [0.25, 0.3) is 0 Å². The van der Waals surface area contributed by atoms with E-state index >= 15 is 0 Å². The summed E-state index contributed by atoms with van der Waals surface area (Å²) >= 11 is 17.5. The number of carbonyl (C=O) groups is 1. The van der Waals surface area contributed by atoms with Crippen LogP contribution in [0.15, 0.2) is 30.6 Å². The van der Waals surface area contributed by atoms with Crippen LogP contribution in [0.4, 0.5) is 20.6 Å². The van der Waals surface area contributed by atoms with E-state index in [0.29, 0.717) is 34.5 Å². The summed E-state index contributed by atoms with van der Waals surface area (Å²) in [6.07, 6.45) is 2.93. The van der Waals surface area contributed by atoms with Crippen LogP contribution in [-0.2, 0) is 0 Å². The molecule has 9 heteroatoms. The second-order valence-electron chi connectivity index (χ2n) is 4.41. The van der Waals surface area contributed by atoms with Gasteiger partial charge in [0.25, 0.3) is 0 Å². The van der Waals surface area contributed by atoms with E-state index in [9.17, 15) is 9.18 Å². The molecule has 2 aromatic rings. The van der Waals surface area contributed by atoms with Crippen molar-refractivity contribution in [1.82, 2.24) is 10.3 Å². The van der Waals surface area contributed by atoms with E-state index in [1.54, 1.807) is 0 Å². The lowest BCUT2D eigenvalue weighted by molar-refractivity contribution is 0.252. The van der Waals surface area contributed by atoms with Crippen molar-refractivity contribution in [3.63, 3.8) is 0 Å². The molecule has 2 rings (SSSR count). The summed E-state index contributed by atoms with van der Waals surface area (Å²) in [5.74, 6) is -0.548. The summed E-state index contributed by atoms with van der Waals surface area (Å²) in [7, 11) is 0. The van der Waals surface area contributed by atoms with Gasteiger partial charge in [0.15, 0.2) is 0 Å². The number of hydrogen-bond donors (Lipinski definition) is 3. The van der Waals surface area contributed by atoms with Crippen LogP contribution in [0, 0.1) is 5.82 Å². The minimum Gasteiger partial charge on any atom is -0.381 e. The number of urea groups is 1. The summed E-state index contributed by atoms with van der Waals surface area (Å²) in [6.45, 7) is 0.719. The van der Waals surface area contributed by atoms with Gasteiger partial charge in [-0.05, 0) is 18.2 Å². The van der Waals surface area contributed by atoms with Crippen molar-refractivity contribution in [2.24, 2.45) is 0 Å². The van der Waals surface area contributed by atoms with Crippen LogP contribution in [0.5, 0.6) is 0 Å². The minimum absolute atomic E-state index is 0.0635. The van der Waals surface area contributed by atoms with Crippen LogP contribution in [-0.4, -0.2) is 24.1 Å². The first-order valence-corrected chi connectivity index (χ1v) is 7.63. The zero-order valence-corrected chi connectivity index (χ0v) is 13.9. The second kappa shape index (κ2) is 8.19. The van der Waals surface area contributed by atoms with Crippen LogP contribution in [0.2, 0.25) is 15.1 Å². The van der Waals surface area contributed by atoms with Crippen molar-refractivity contribution in [1.29, 1.82) is 0 Å². The third-order valence-electron chi connectivity index (χ3n) is 2.74. The first kappa shape index (κ1) is 17.6. The molecule has 0 aliphatic carbocycles. The van der Waals surface area contributed by atoms with Crippen LogP contribution >= 0.6 is 34.8 Å². The van der Waals surface area contributed by atoms with Gasteiger partial charge in [-0.1, -0.05) is 34.8 Å². The quantitative estimate of drug-likeness (QED) is 0.676. The molecule has 1 heterocycles. The lowest BCUT2D eigenvalue weighted by Crippen LogP contribution is -2.32. The smallest absolute Gasteiger partial charge is 0.319 e. The van der Waals surface area contributed by atoms with E-state index in [1.165, 1.54) is 30.6 Å². The number of hydrogen-bond acceptors (Lipinski definition) is 3. The standard InChI is InChI=1S/C14H12Cl3FN4O/c15-9-5-8(1-2-12(9)18)22-14(23)21-4-3-20-13-10(16)6-19-7-11(13)17/h1-2,5-7H,3-4H2,(H,19,20)(H2,21,22,23). The first-order valence-electron chi connectivity index (χ1n) is 6.50. The van der Waals surface area contributed by atoms with Crippen molar-refractivity contribution in [2.75, 3.05) is 23.7 Å². The van der Waals surface area contributed by atoms with Crippen molar-refractivity contribution in [3.05, 3.63) is 51.5 Å². The van der Waals surface area contributed by atoms with Gasteiger partial charge in [-0.25, -0.2) is 9.18 Å². The lowest BCUT2D eigenvalue weighted by atomic mass is 10.3. The van der Waals surface area contributed by atoms with E-state index in [1.807, 2.05) is 0 Å². The molecule has 0 bridgehead atoms. The average molecular weight is 378 g/mol. The SMILES string of the molecule is O=C(NCCNc1c(Cl)cncc1Cl)Nc1ccc(F)c(Cl)c1. The third-order valence-corrected chi connectivity index (χ3v) is 3.61. The Bertz CT molecular complexity index is 694. The fourth-order valence-corrected chi connectivity index (χ4v) is 2.37. The predicted molar refractivity (Wildman–Crippen MR) is 91.2 cm³/mol. The van der Waals surface area contributed by atoms with Gasteiger partial charge in [0.05, 0.1) is 20.8 Å². The Morgan fingerprint density at radius 2 is 1.78 bits per heavy atom. The molecular weight excluding hydrogens is 366 g/mol. The molecule has 0 aliphatic heterocycles. The highest BCUT2D eigenvalue weighted by Gasteiger charge is 2.07. The van der Waals surface area contributed by atoms with Crippen molar-refractivity contribution >= 4 is 52.2 Å². The molecule has 1 aromatic carbocycles. The molecule has 23 heavy (non-hydrogen) atoms. The van der Waals surface area contributed by atoms with Crippen molar-refractivity contribution in [2.45, 2.75) is 0 Å². The van der Waals surface area contributed by atoms with Gasteiger partial charge in [0, 0.05) is 31.2 Å². The maximum Gasteiger partial charge on any atom is 0.319 e. The Morgan fingerprint density at radius 1 is 1.09 bits per heavy atom. The van der Waals surface area contributed by atoms with Gasteiger partial charge in [0.1, 0.15) is 5.82 Å². The summed E-state index contributed by atoms with van der Waals surface area (Å²) in [4.78, 5) is 15.5. The molecule has 0 aliphatic rings. The molecule has 1 aromatic heterocycles. The third kappa shape index (κ3) is 5.13. The van der Waals surface area contributed by atoms with E-state index in [4.69, 9.17) is 34.8 Å². The van der Waals surface area contributed by atoms with Gasteiger partial charge in [-0.3, -0.25) is 4.98 Å². The Morgan fingerprint density at radius 3 is 2.43 bits per heavy atom. The molecule has 0 radical (unpaired) electrons. The summed E-state index contributed by atoms with van der Waals surface area (Å²) in [5, 5.41) is 8.88. The average Bonchev–Trinajstić information content (AvgIpc) is 2.50. The number of benzene rings is 1. The molecule has 0 saturated heterocycles. The number of nitrogens with one attached hydrogen (secondary N) is 3. The van der Waals surface area contributed by atoms with E-state index < -0.39 is 11.8 Å². The van der Waals surface area contributed by atoms with Crippen LogP contribution in [0.3, 0.4) is 0 Å². The Balaban J connectivity index is 1.78. The van der Waals surface area contributed by atoms with Gasteiger partial charge < -0.3 is 16.0 Å². The molecular formula is C14H12Cl3FN4O. The largest absolute Gasteiger partial charge is 0.381 e. The minimum atomic E-state index is -0.548. The maximum atomic E-state index is 13.0. The normalized spacial score (nSPS) is 10.3. The number of halogens is 4. The summed E-state index contributed by atoms with van der Waals surface area (Å²) < 4.78 is 13.0. The van der Waals surface area contributed by atoms with Crippen molar-refractivity contribution in [3.8, 4) is 0 Å². The zero-order valence-electron chi connectivity index (χ0n) is 11.7. The summed E-state index contributed by atoms with van der Waals surface area (Å²) in [6, 6.07) is 3.47. The molecule has 5 nitrogen and oxygen atoms in total. The fraction of sp³-hybridized carbons (Fsp3) is 0.143. The van der Waals surface area contributed by atoms with Crippen LogP contribution in [0.1, 0.15) is 0 Å². The van der Waals surface area contributed by atoms with Crippen LogP contribution < -0.4 is 16.0 Å². The lowest BCUT2D eigenvalue weighted by Gasteiger charge is -2.11. The predicted octanol–water partition coefficient (Wildman–Crippen LogP) is 4.41. The zero-order chi connectivity index (χ0) is 16.8. The Kier molecular flexibility index (Phi) is 6.27. The number of nitrogens with zero attached hydrogens (tertiary/aromatic N) is 1. The topological polar surface area (TPSA) is 66.0 Å². The second-order valence-corrected chi connectivity index (χ2v) is 5.64. The number of carbonyl (C=O) groups excluding carboxylic acids is 1. The van der Waals surface area contributed by atoms with Gasteiger partial charge in [-0.15, -0.1) is 0 Å². The molecule has 0 saturated carbocycles.